The largest absolute Gasteiger partial charge is 0.324 e. The molecule has 1 saturated carbocycles. The molecule has 21 heavy (non-hydrogen) atoms. The molecule has 7 heteroatoms. The number of hydrogen-bond donors (Lipinski definition) is 2. The van der Waals surface area contributed by atoms with Crippen molar-refractivity contribution in [3.63, 3.8) is 0 Å². The lowest BCUT2D eigenvalue weighted by Gasteiger charge is -2.26. The predicted molar refractivity (Wildman–Crippen MR) is 77.6 cm³/mol. The van der Waals surface area contributed by atoms with Gasteiger partial charge in [-0.05, 0) is 37.5 Å². The topological polar surface area (TPSA) is 89.3 Å². The predicted octanol–water partition coefficient (Wildman–Crippen LogP) is 2.38. The van der Waals surface area contributed by atoms with E-state index < -0.39 is 21.3 Å². The molecule has 0 aromatic heterocycles. The van der Waals surface area contributed by atoms with Crippen molar-refractivity contribution in [2.24, 2.45) is 10.6 Å². The van der Waals surface area contributed by atoms with Crippen LogP contribution in [0.3, 0.4) is 0 Å². The van der Waals surface area contributed by atoms with Gasteiger partial charge in [0.05, 0.1) is 5.69 Å². The van der Waals surface area contributed by atoms with E-state index in [1.54, 1.807) is 0 Å². The van der Waals surface area contributed by atoms with E-state index in [1.807, 2.05) is 6.92 Å². The third-order valence-electron chi connectivity index (χ3n) is 4.22. The number of primary sulfonamides is 1. The molecule has 1 aromatic rings. The van der Waals surface area contributed by atoms with E-state index >= 15 is 0 Å². The number of carbonyl (C=O) groups is 1. The lowest BCUT2D eigenvalue weighted by Crippen LogP contribution is -2.33. The zero-order valence-corrected chi connectivity index (χ0v) is 12.7. The number of sulfonamides is 1. The maximum atomic E-state index is 13.4. The number of halogens is 1. The minimum Gasteiger partial charge on any atom is -0.324 e. The second-order valence-corrected chi connectivity index (χ2v) is 7.01. The summed E-state index contributed by atoms with van der Waals surface area (Å²) in [5.41, 5.74) is -0.593. The highest BCUT2D eigenvalue weighted by atomic mass is 32.2. The van der Waals surface area contributed by atoms with Crippen LogP contribution in [0.2, 0.25) is 0 Å². The first-order valence-electron chi connectivity index (χ1n) is 6.92. The van der Waals surface area contributed by atoms with Crippen molar-refractivity contribution in [2.75, 3.05) is 5.32 Å². The van der Waals surface area contributed by atoms with E-state index in [4.69, 9.17) is 5.14 Å². The molecule has 0 saturated heterocycles. The average molecular weight is 314 g/mol. The molecule has 0 aliphatic heterocycles. The fraction of sp³-hybridized carbons (Fsp3) is 0.500. The molecule has 3 N–H and O–H groups in total. The van der Waals surface area contributed by atoms with Gasteiger partial charge in [-0.2, -0.15) is 0 Å². The molecule has 1 aromatic carbocycles. The minimum atomic E-state index is -4.03. The van der Waals surface area contributed by atoms with Crippen LogP contribution in [0.25, 0.3) is 0 Å². The maximum Gasteiger partial charge on any atom is 0.240 e. The third-order valence-corrected chi connectivity index (χ3v) is 5.18. The summed E-state index contributed by atoms with van der Waals surface area (Å²) in [6.07, 6.45) is 4.11. The monoisotopic (exact) mass is 314 g/mol. The first-order chi connectivity index (χ1) is 9.78. The van der Waals surface area contributed by atoms with Crippen molar-refractivity contribution >= 4 is 21.6 Å². The maximum absolute atomic E-state index is 13.4. The first kappa shape index (κ1) is 15.9. The number of rotatable bonds is 4. The van der Waals surface area contributed by atoms with Gasteiger partial charge in [-0.15, -0.1) is 0 Å². The second kappa shape index (κ2) is 5.73. The Bertz CT molecular complexity index is 652. The van der Waals surface area contributed by atoms with E-state index in [-0.39, 0.29) is 16.5 Å². The van der Waals surface area contributed by atoms with Gasteiger partial charge in [-0.1, -0.05) is 19.8 Å². The molecule has 1 aliphatic rings. The molecule has 1 amide bonds. The Hall–Kier alpha value is -1.47. The SMILES string of the molecule is CCC1(C(=O)Nc2cc(F)ccc2S(N)(=O)=O)CCCC1. The molecule has 0 spiro atoms. The number of nitrogens with one attached hydrogen (secondary N) is 1. The molecular weight excluding hydrogens is 295 g/mol. The summed E-state index contributed by atoms with van der Waals surface area (Å²) in [4.78, 5) is 12.2. The molecule has 0 unspecified atom stereocenters. The Morgan fingerprint density at radius 1 is 1.38 bits per heavy atom. The second-order valence-electron chi connectivity index (χ2n) is 5.48. The van der Waals surface area contributed by atoms with Crippen molar-refractivity contribution < 1.29 is 17.6 Å². The Kier molecular flexibility index (Phi) is 4.34. The number of benzene rings is 1. The van der Waals surface area contributed by atoms with Crippen molar-refractivity contribution in [3.05, 3.63) is 24.0 Å². The standard InChI is InChI=1S/C14H19FN2O3S/c1-2-14(7-3-4-8-14)13(18)17-11-9-10(15)5-6-12(11)21(16,19)20/h5-6,9H,2-4,7-8H2,1H3,(H,17,18)(H2,16,19,20). The van der Waals surface area contributed by atoms with E-state index in [2.05, 4.69) is 5.32 Å². The number of nitrogens with two attached hydrogens (primary N) is 1. The van der Waals surface area contributed by atoms with Crippen LogP contribution in [0.1, 0.15) is 39.0 Å². The lowest BCUT2D eigenvalue weighted by atomic mass is 9.82. The van der Waals surface area contributed by atoms with Gasteiger partial charge >= 0.3 is 0 Å². The van der Waals surface area contributed by atoms with Crippen molar-refractivity contribution in [1.29, 1.82) is 0 Å². The normalized spacial score (nSPS) is 17.7. The smallest absolute Gasteiger partial charge is 0.240 e. The highest BCUT2D eigenvalue weighted by Crippen LogP contribution is 2.42. The molecule has 0 heterocycles. The van der Waals surface area contributed by atoms with E-state index in [1.165, 1.54) is 0 Å². The van der Waals surface area contributed by atoms with Gasteiger partial charge in [0.25, 0.3) is 0 Å². The molecule has 0 atom stereocenters. The summed E-state index contributed by atoms with van der Waals surface area (Å²) in [7, 11) is -4.03. The Morgan fingerprint density at radius 2 is 2.00 bits per heavy atom. The first-order valence-corrected chi connectivity index (χ1v) is 8.47. The van der Waals surface area contributed by atoms with Gasteiger partial charge in [-0.25, -0.2) is 17.9 Å². The number of amides is 1. The summed E-state index contributed by atoms with van der Waals surface area (Å²) in [6.45, 7) is 1.93. The molecule has 1 fully saturated rings. The summed E-state index contributed by atoms with van der Waals surface area (Å²) in [6, 6.07) is 3.05. The van der Waals surface area contributed by atoms with Gasteiger partial charge in [0, 0.05) is 5.41 Å². The van der Waals surface area contributed by atoms with Gasteiger partial charge < -0.3 is 5.32 Å². The van der Waals surface area contributed by atoms with Crippen LogP contribution < -0.4 is 10.5 Å². The van der Waals surface area contributed by atoms with Crippen LogP contribution >= 0.6 is 0 Å². The minimum absolute atomic E-state index is 0.0952. The Morgan fingerprint density at radius 3 is 2.52 bits per heavy atom. The van der Waals surface area contributed by atoms with Gasteiger partial charge in [0.1, 0.15) is 10.7 Å². The summed E-state index contributed by atoms with van der Waals surface area (Å²) in [5.74, 6) is -0.896. The van der Waals surface area contributed by atoms with E-state index in [0.29, 0.717) is 6.42 Å². The van der Waals surface area contributed by atoms with Crippen LogP contribution in [0.15, 0.2) is 23.1 Å². The summed E-state index contributed by atoms with van der Waals surface area (Å²) in [5, 5.41) is 7.65. The molecular formula is C14H19FN2O3S. The summed E-state index contributed by atoms with van der Waals surface area (Å²) >= 11 is 0. The average Bonchev–Trinajstić information content (AvgIpc) is 2.87. The zero-order chi connectivity index (χ0) is 15.7. The fourth-order valence-electron chi connectivity index (χ4n) is 2.90. The van der Waals surface area contributed by atoms with Gasteiger partial charge in [0.2, 0.25) is 15.9 Å². The Balaban J connectivity index is 2.35. The highest BCUT2D eigenvalue weighted by molar-refractivity contribution is 7.89. The quantitative estimate of drug-likeness (QED) is 0.894. The number of carbonyl (C=O) groups excluding carboxylic acids is 1. The number of hydrogen-bond acceptors (Lipinski definition) is 3. The summed E-state index contributed by atoms with van der Waals surface area (Å²) < 4.78 is 36.4. The van der Waals surface area contributed by atoms with Crippen LogP contribution in [-0.2, 0) is 14.8 Å². The van der Waals surface area contributed by atoms with Crippen LogP contribution in [0.5, 0.6) is 0 Å². The Labute approximate surface area is 123 Å². The zero-order valence-electron chi connectivity index (χ0n) is 11.9. The molecule has 1 aliphatic carbocycles. The fourth-order valence-corrected chi connectivity index (χ4v) is 3.57. The third kappa shape index (κ3) is 3.24. The van der Waals surface area contributed by atoms with E-state index in [9.17, 15) is 17.6 Å². The van der Waals surface area contributed by atoms with Gasteiger partial charge in [-0.3, -0.25) is 4.79 Å². The van der Waals surface area contributed by atoms with Crippen LogP contribution in [0, 0.1) is 11.2 Å². The van der Waals surface area contributed by atoms with Crippen molar-refractivity contribution in [3.8, 4) is 0 Å². The molecule has 0 bridgehead atoms. The molecule has 5 nitrogen and oxygen atoms in total. The molecule has 2 rings (SSSR count). The van der Waals surface area contributed by atoms with Crippen molar-refractivity contribution in [1.82, 2.24) is 0 Å². The van der Waals surface area contributed by atoms with Crippen LogP contribution in [0.4, 0.5) is 10.1 Å². The van der Waals surface area contributed by atoms with Crippen LogP contribution in [-0.4, -0.2) is 14.3 Å². The van der Waals surface area contributed by atoms with Crippen molar-refractivity contribution in [2.45, 2.75) is 43.9 Å². The van der Waals surface area contributed by atoms with E-state index in [0.717, 1.165) is 43.9 Å². The van der Waals surface area contributed by atoms with Gasteiger partial charge in [0.15, 0.2) is 0 Å². The molecule has 116 valence electrons. The number of anilines is 1. The highest BCUT2D eigenvalue weighted by Gasteiger charge is 2.39. The molecule has 0 radical (unpaired) electrons. The lowest BCUT2D eigenvalue weighted by molar-refractivity contribution is -0.125.